The Morgan fingerprint density at radius 3 is 2.83 bits per heavy atom. The Morgan fingerprint density at radius 1 is 1.33 bits per heavy atom. The number of carbonyl (C=O) groups is 1. The van der Waals surface area contributed by atoms with Gasteiger partial charge in [-0.15, -0.1) is 0 Å². The molecule has 0 saturated carbocycles. The number of ether oxygens (including phenoxy) is 3. The molecule has 0 spiro atoms. The Hall–Kier alpha value is -0.850. The number of carbonyl (C=O) groups excluding carboxylic acids is 1. The molecule has 0 radical (unpaired) electrons. The smallest absolute Gasteiger partial charge is 0.404 e. The van der Waals surface area contributed by atoms with E-state index in [0.29, 0.717) is 6.61 Å². The van der Waals surface area contributed by atoms with Gasteiger partial charge >= 0.3 is 6.09 Å². The fourth-order valence-corrected chi connectivity index (χ4v) is 2.52. The zero-order valence-electron chi connectivity index (χ0n) is 10.7. The van der Waals surface area contributed by atoms with E-state index in [-0.39, 0.29) is 12.7 Å². The van der Waals surface area contributed by atoms with Crippen molar-refractivity contribution < 1.29 is 19.0 Å². The number of nitrogens with two attached hydrogens (primary N) is 1. The number of primary amides is 1. The maximum atomic E-state index is 10.6. The van der Waals surface area contributed by atoms with Gasteiger partial charge in [-0.1, -0.05) is 0 Å². The van der Waals surface area contributed by atoms with Crippen LogP contribution in [-0.4, -0.2) is 63.2 Å². The zero-order chi connectivity index (χ0) is 12.8. The maximum Gasteiger partial charge on any atom is 0.404 e. The van der Waals surface area contributed by atoms with Crippen molar-refractivity contribution in [1.82, 2.24) is 4.90 Å². The number of rotatable bonds is 4. The fourth-order valence-electron chi connectivity index (χ4n) is 2.52. The Morgan fingerprint density at radius 2 is 2.11 bits per heavy atom. The Balaban J connectivity index is 1.70. The van der Waals surface area contributed by atoms with Gasteiger partial charge in [0.05, 0.1) is 6.61 Å². The molecule has 0 aromatic carbocycles. The quantitative estimate of drug-likeness (QED) is 0.780. The number of morpholine rings is 1. The molecule has 2 rings (SSSR count). The molecular weight excluding hydrogens is 236 g/mol. The van der Waals surface area contributed by atoms with E-state index < -0.39 is 6.09 Å². The molecule has 2 aliphatic rings. The van der Waals surface area contributed by atoms with Crippen LogP contribution in [-0.2, 0) is 14.2 Å². The second-order valence-electron chi connectivity index (χ2n) is 4.94. The lowest BCUT2D eigenvalue weighted by Crippen LogP contribution is -2.47. The third kappa shape index (κ3) is 4.44. The van der Waals surface area contributed by atoms with E-state index in [1.54, 1.807) is 0 Å². The third-order valence-electron chi connectivity index (χ3n) is 3.49. The van der Waals surface area contributed by atoms with Crippen LogP contribution in [0.4, 0.5) is 4.79 Å². The molecule has 0 bridgehead atoms. The van der Waals surface area contributed by atoms with E-state index in [9.17, 15) is 4.79 Å². The minimum atomic E-state index is -0.736. The largest absolute Gasteiger partial charge is 0.447 e. The Kier molecular flexibility index (Phi) is 5.22. The van der Waals surface area contributed by atoms with Crippen LogP contribution in [0, 0.1) is 5.92 Å². The van der Waals surface area contributed by atoms with E-state index in [0.717, 1.165) is 51.6 Å². The van der Waals surface area contributed by atoms with Crippen molar-refractivity contribution in [3.8, 4) is 0 Å². The van der Waals surface area contributed by atoms with Gasteiger partial charge in [0.1, 0.15) is 12.7 Å². The summed E-state index contributed by atoms with van der Waals surface area (Å²) in [4.78, 5) is 12.9. The standard InChI is InChI=1S/C12H22N2O4/c13-12(15)18-9-11-8-14(3-6-17-11)7-10-1-4-16-5-2-10/h10-11H,1-9H2,(H2,13,15). The highest BCUT2D eigenvalue weighted by Gasteiger charge is 2.24. The van der Waals surface area contributed by atoms with Crippen molar-refractivity contribution >= 4 is 6.09 Å². The van der Waals surface area contributed by atoms with Crippen LogP contribution < -0.4 is 5.73 Å². The molecule has 2 N–H and O–H groups in total. The van der Waals surface area contributed by atoms with Crippen LogP contribution >= 0.6 is 0 Å². The number of amides is 1. The summed E-state index contributed by atoms with van der Waals surface area (Å²) in [5, 5.41) is 0. The third-order valence-corrected chi connectivity index (χ3v) is 3.49. The van der Waals surface area contributed by atoms with Gasteiger partial charge in [0, 0.05) is 32.8 Å². The monoisotopic (exact) mass is 258 g/mol. The van der Waals surface area contributed by atoms with Crippen molar-refractivity contribution in [3.05, 3.63) is 0 Å². The van der Waals surface area contributed by atoms with Gasteiger partial charge < -0.3 is 19.9 Å². The molecule has 1 amide bonds. The minimum Gasteiger partial charge on any atom is -0.447 e. The first kappa shape index (κ1) is 13.6. The van der Waals surface area contributed by atoms with Crippen LogP contribution in [0.1, 0.15) is 12.8 Å². The van der Waals surface area contributed by atoms with Crippen molar-refractivity contribution in [2.45, 2.75) is 18.9 Å². The lowest BCUT2D eigenvalue weighted by molar-refractivity contribution is -0.0619. The number of hydrogen-bond acceptors (Lipinski definition) is 5. The summed E-state index contributed by atoms with van der Waals surface area (Å²) in [5.74, 6) is 0.717. The first-order valence-corrected chi connectivity index (χ1v) is 6.58. The molecule has 2 aliphatic heterocycles. The van der Waals surface area contributed by atoms with Gasteiger partial charge in [-0.05, 0) is 18.8 Å². The minimum absolute atomic E-state index is 0.0499. The van der Waals surface area contributed by atoms with Gasteiger partial charge in [-0.3, -0.25) is 4.90 Å². The fraction of sp³-hybridized carbons (Fsp3) is 0.917. The van der Waals surface area contributed by atoms with Crippen LogP contribution in [0.2, 0.25) is 0 Å². The van der Waals surface area contributed by atoms with E-state index >= 15 is 0 Å². The highest BCUT2D eigenvalue weighted by molar-refractivity contribution is 5.64. The molecule has 1 atom stereocenters. The van der Waals surface area contributed by atoms with Crippen LogP contribution in [0.3, 0.4) is 0 Å². The van der Waals surface area contributed by atoms with Crippen LogP contribution in [0.15, 0.2) is 0 Å². The number of nitrogens with zero attached hydrogens (tertiary/aromatic N) is 1. The average molecular weight is 258 g/mol. The van der Waals surface area contributed by atoms with E-state index in [1.165, 1.54) is 0 Å². The summed E-state index contributed by atoms with van der Waals surface area (Å²) >= 11 is 0. The molecule has 2 saturated heterocycles. The lowest BCUT2D eigenvalue weighted by Gasteiger charge is -2.35. The molecule has 6 nitrogen and oxygen atoms in total. The summed E-state index contributed by atoms with van der Waals surface area (Å²) in [6, 6.07) is 0. The van der Waals surface area contributed by atoms with E-state index in [4.69, 9.17) is 19.9 Å². The van der Waals surface area contributed by atoms with Gasteiger partial charge in [0.25, 0.3) is 0 Å². The predicted octanol–water partition coefficient (Wildman–Crippen LogP) is 0.209. The molecule has 0 aromatic rings. The first-order valence-electron chi connectivity index (χ1n) is 6.58. The first-order chi connectivity index (χ1) is 8.74. The van der Waals surface area contributed by atoms with Crippen molar-refractivity contribution in [2.75, 3.05) is 46.1 Å². The predicted molar refractivity (Wildman–Crippen MR) is 65.3 cm³/mol. The van der Waals surface area contributed by atoms with Crippen molar-refractivity contribution in [2.24, 2.45) is 11.7 Å². The second kappa shape index (κ2) is 6.92. The summed E-state index contributed by atoms with van der Waals surface area (Å²) < 4.78 is 15.7. The Bertz CT molecular complexity index is 269. The highest BCUT2D eigenvalue weighted by atomic mass is 16.6. The second-order valence-corrected chi connectivity index (χ2v) is 4.94. The Labute approximate surface area is 107 Å². The van der Waals surface area contributed by atoms with Gasteiger partial charge in [-0.25, -0.2) is 4.79 Å². The van der Waals surface area contributed by atoms with Gasteiger partial charge in [-0.2, -0.15) is 0 Å². The van der Waals surface area contributed by atoms with E-state index in [1.807, 2.05) is 0 Å². The maximum absolute atomic E-state index is 10.6. The molecule has 2 heterocycles. The molecule has 18 heavy (non-hydrogen) atoms. The summed E-state index contributed by atoms with van der Waals surface area (Å²) in [6.07, 6.45) is 1.49. The van der Waals surface area contributed by atoms with Gasteiger partial charge in [0.2, 0.25) is 0 Å². The van der Waals surface area contributed by atoms with Crippen molar-refractivity contribution in [3.63, 3.8) is 0 Å². The molecule has 1 unspecified atom stereocenters. The molecule has 2 fully saturated rings. The lowest BCUT2D eigenvalue weighted by atomic mass is 9.99. The zero-order valence-corrected chi connectivity index (χ0v) is 10.7. The molecular formula is C12H22N2O4. The molecule has 0 aromatic heterocycles. The summed E-state index contributed by atoms with van der Waals surface area (Å²) in [6.45, 7) is 5.54. The topological polar surface area (TPSA) is 74.0 Å². The SMILES string of the molecule is NC(=O)OCC1CN(CC2CCOCC2)CCO1. The van der Waals surface area contributed by atoms with E-state index in [2.05, 4.69) is 4.90 Å². The normalized spacial score (nSPS) is 27.0. The summed E-state index contributed by atoms with van der Waals surface area (Å²) in [5.41, 5.74) is 4.95. The molecule has 104 valence electrons. The van der Waals surface area contributed by atoms with Crippen LogP contribution in [0.25, 0.3) is 0 Å². The molecule has 6 heteroatoms. The van der Waals surface area contributed by atoms with Crippen LogP contribution in [0.5, 0.6) is 0 Å². The van der Waals surface area contributed by atoms with Gasteiger partial charge in [0.15, 0.2) is 0 Å². The summed E-state index contributed by atoms with van der Waals surface area (Å²) in [7, 11) is 0. The van der Waals surface area contributed by atoms with Crippen molar-refractivity contribution in [1.29, 1.82) is 0 Å². The molecule has 0 aliphatic carbocycles. The highest BCUT2D eigenvalue weighted by Crippen LogP contribution is 2.17. The number of hydrogen-bond donors (Lipinski definition) is 1. The average Bonchev–Trinajstić information content (AvgIpc) is 2.38.